The molecule has 22 heavy (non-hydrogen) atoms. The summed E-state index contributed by atoms with van der Waals surface area (Å²) in [6.07, 6.45) is -0.672. The lowest BCUT2D eigenvalue weighted by Gasteiger charge is -2.13. The molecule has 1 N–H and O–H groups in total. The van der Waals surface area contributed by atoms with Gasteiger partial charge < -0.3 is 14.8 Å². The van der Waals surface area contributed by atoms with E-state index < -0.39 is 36.0 Å². The molecule has 1 amide bonds. The zero-order valence-electron chi connectivity index (χ0n) is 12.3. The van der Waals surface area contributed by atoms with Crippen molar-refractivity contribution in [2.75, 3.05) is 14.2 Å². The number of carbonyl (C=O) groups is 4. The number of Topliss-reactive ketones (excluding diaryl/α,β-unsaturated/α-hetero) is 1. The molecule has 0 radical (unpaired) electrons. The zero-order chi connectivity index (χ0) is 16.5. The third-order valence-electron chi connectivity index (χ3n) is 2.88. The van der Waals surface area contributed by atoms with Crippen LogP contribution in [0.4, 0.5) is 0 Å². The summed E-state index contributed by atoms with van der Waals surface area (Å²) in [7, 11) is 2.17. The molecule has 0 bridgehead atoms. The fourth-order valence-corrected chi connectivity index (χ4v) is 1.71. The second kappa shape index (κ2) is 8.56. The highest BCUT2D eigenvalue weighted by Gasteiger charge is 2.35. The molecule has 1 atom stereocenters. The van der Waals surface area contributed by atoms with Crippen LogP contribution >= 0.6 is 0 Å². The number of nitrogens with one attached hydrogen (secondary N) is 1. The molecule has 118 valence electrons. The molecule has 1 rings (SSSR count). The average Bonchev–Trinajstić information content (AvgIpc) is 2.53. The van der Waals surface area contributed by atoms with E-state index in [9.17, 15) is 19.2 Å². The first-order valence-corrected chi connectivity index (χ1v) is 6.48. The van der Waals surface area contributed by atoms with E-state index in [1.807, 2.05) is 6.07 Å². The summed E-state index contributed by atoms with van der Waals surface area (Å²) in [6.45, 7) is 0.151. The number of methoxy groups -OCH3 is 2. The summed E-state index contributed by atoms with van der Waals surface area (Å²) in [5, 5.41) is 2.47. The molecule has 1 unspecified atom stereocenters. The lowest BCUT2D eigenvalue weighted by molar-refractivity contribution is -0.154. The molecule has 0 heterocycles. The van der Waals surface area contributed by atoms with Crippen molar-refractivity contribution in [3.05, 3.63) is 35.9 Å². The van der Waals surface area contributed by atoms with Gasteiger partial charge in [-0.1, -0.05) is 30.3 Å². The Morgan fingerprint density at radius 1 is 1.05 bits per heavy atom. The molecule has 0 aliphatic heterocycles. The molecule has 7 nitrogen and oxygen atoms in total. The quantitative estimate of drug-likeness (QED) is 0.571. The SMILES string of the molecule is COC(=O)CC(=O)C(C(=O)NCc1ccccc1)C(=O)OC. The van der Waals surface area contributed by atoms with Gasteiger partial charge in [0.1, 0.15) is 6.42 Å². The first-order valence-electron chi connectivity index (χ1n) is 6.48. The maximum Gasteiger partial charge on any atom is 0.325 e. The van der Waals surface area contributed by atoms with Crippen LogP contribution in [0.1, 0.15) is 12.0 Å². The Hall–Kier alpha value is -2.70. The monoisotopic (exact) mass is 307 g/mol. The van der Waals surface area contributed by atoms with Gasteiger partial charge in [-0.3, -0.25) is 19.2 Å². The van der Waals surface area contributed by atoms with Gasteiger partial charge in [0.15, 0.2) is 11.7 Å². The summed E-state index contributed by atoms with van der Waals surface area (Å²) in [6, 6.07) is 8.97. The minimum Gasteiger partial charge on any atom is -0.469 e. The molecule has 1 aromatic rings. The van der Waals surface area contributed by atoms with Crippen LogP contribution in [-0.4, -0.2) is 37.8 Å². The Balaban J connectivity index is 2.74. The van der Waals surface area contributed by atoms with Crippen LogP contribution in [0.2, 0.25) is 0 Å². The minimum absolute atomic E-state index is 0.151. The van der Waals surface area contributed by atoms with Crippen molar-refractivity contribution < 1.29 is 28.7 Å². The molecule has 7 heteroatoms. The third-order valence-corrected chi connectivity index (χ3v) is 2.88. The van der Waals surface area contributed by atoms with E-state index in [1.165, 1.54) is 0 Å². The highest BCUT2D eigenvalue weighted by atomic mass is 16.5. The first-order chi connectivity index (χ1) is 10.5. The lowest BCUT2D eigenvalue weighted by Crippen LogP contribution is -2.41. The fraction of sp³-hybridized carbons (Fsp3) is 0.333. The smallest absolute Gasteiger partial charge is 0.325 e. The highest BCUT2D eigenvalue weighted by Crippen LogP contribution is 2.07. The summed E-state index contributed by atoms with van der Waals surface area (Å²) in [4.78, 5) is 46.7. The Bertz CT molecular complexity index is 554. The average molecular weight is 307 g/mol. The summed E-state index contributed by atoms with van der Waals surface area (Å²) >= 11 is 0. The molecule has 0 saturated carbocycles. The Labute approximate surface area is 127 Å². The van der Waals surface area contributed by atoms with Gasteiger partial charge in [-0.05, 0) is 5.56 Å². The van der Waals surface area contributed by atoms with Gasteiger partial charge in [-0.2, -0.15) is 0 Å². The molecule has 0 saturated heterocycles. The van der Waals surface area contributed by atoms with E-state index in [4.69, 9.17) is 0 Å². The van der Waals surface area contributed by atoms with E-state index in [0.717, 1.165) is 19.8 Å². The molecule has 0 fully saturated rings. The number of carbonyl (C=O) groups excluding carboxylic acids is 4. The van der Waals surface area contributed by atoms with Crippen LogP contribution in [-0.2, 0) is 35.2 Å². The topological polar surface area (TPSA) is 98.8 Å². The number of rotatable bonds is 7. The Kier molecular flexibility index (Phi) is 6.75. The van der Waals surface area contributed by atoms with Gasteiger partial charge in [0, 0.05) is 6.54 Å². The number of hydrogen-bond donors (Lipinski definition) is 1. The van der Waals surface area contributed by atoms with E-state index >= 15 is 0 Å². The summed E-state index contributed by atoms with van der Waals surface area (Å²) in [5.74, 6) is -5.21. The minimum atomic E-state index is -1.69. The number of hydrogen-bond acceptors (Lipinski definition) is 6. The summed E-state index contributed by atoms with van der Waals surface area (Å²) in [5.41, 5.74) is 0.805. The predicted octanol–water partition coefficient (Wildman–Crippen LogP) is 0.224. The number of amides is 1. The van der Waals surface area contributed by atoms with Crippen molar-refractivity contribution in [3.63, 3.8) is 0 Å². The fourth-order valence-electron chi connectivity index (χ4n) is 1.71. The second-order valence-corrected chi connectivity index (χ2v) is 4.38. The van der Waals surface area contributed by atoms with Crippen molar-refractivity contribution in [2.24, 2.45) is 5.92 Å². The van der Waals surface area contributed by atoms with Gasteiger partial charge in [0.2, 0.25) is 5.91 Å². The maximum absolute atomic E-state index is 12.0. The van der Waals surface area contributed by atoms with Gasteiger partial charge in [-0.15, -0.1) is 0 Å². The van der Waals surface area contributed by atoms with Crippen molar-refractivity contribution >= 4 is 23.6 Å². The number of benzene rings is 1. The molecular weight excluding hydrogens is 290 g/mol. The number of ketones is 1. The van der Waals surface area contributed by atoms with Gasteiger partial charge in [0.05, 0.1) is 14.2 Å². The van der Waals surface area contributed by atoms with E-state index in [0.29, 0.717) is 0 Å². The van der Waals surface area contributed by atoms with Crippen LogP contribution < -0.4 is 5.32 Å². The van der Waals surface area contributed by atoms with E-state index in [1.54, 1.807) is 24.3 Å². The largest absolute Gasteiger partial charge is 0.469 e. The van der Waals surface area contributed by atoms with Crippen LogP contribution in [0.5, 0.6) is 0 Å². The van der Waals surface area contributed by atoms with Crippen LogP contribution in [0.3, 0.4) is 0 Å². The van der Waals surface area contributed by atoms with E-state index in [-0.39, 0.29) is 6.54 Å². The first kappa shape index (κ1) is 17.4. The van der Waals surface area contributed by atoms with Crippen LogP contribution in [0, 0.1) is 5.92 Å². The van der Waals surface area contributed by atoms with Crippen molar-refractivity contribution in [3.8, 4) is 0 Å². The summed E-state index contributed by atoms with van der Waals surface area (Å²) < 4.78 is 8.80. The van der Waals surface area contributed by atoms with Crippen molar-refractivity contribution in [1.29, 1.82) is 0 Å². The highest BCUT2D eigenvalue weighted by molar-refractivity contribution is 6.19. The van der Waals surface area contributed by atoms with Crippen molar-refractivity contribution in [2.45, 2.75) is 13.0 Å². The standard InChI is InChI=1S/C15H17NO6/c1-21-12(18)8-11(17)13(15(20)22-2)14(19)16-9-10-6-4-3-5-7-10/h3-7,13H,8-9H2,1-2H3,(H,16,19). The molecule has 0 spiro atoms. The van der Waals surface area contributed by atoms with Crippen LogP contribution in [0.15, 0.2) is 30.3 Å². The van der Waals surface area contributed by atoms with Gasteiger partial charge in [-0.25, -0.2) is 0 Å². The Morgan fingerprint density at radius 2 is 1.68 bits per heavy atom. The van der Waals surface area contributed by atoms with E-state index in [2.05, 4.69) is 14.8 Å². The van der Waals surface area contributed by atoms with Gasteiger partial charge in [0.25, 0.3) is 0 Å². The zero-order valence-corrected chi connectivity index (χ0v) is 12.3. The number of esters is 2. The van der Waals surface area contributed by atoms with Gasteiger partial charge >= 0.3 is 11.9 Å². The molecular formula is C15H17NO6. The number of ether oxygens (including phenoxy) is 2. The molecule has 0 aliphatic carbocycles. The third kappa shape index (κ3) is 5.01. The molecule has 0 aromatic heterocycles. The molecule has 1 aromatic carbocycles. The normalized spacial score (nSPS) is 11.2. The lowest BCUT2D eigenvalue weighted by atomic mass is 10.0. The van der Waals surface area contributed by atoms with Crippen molar-refractivity contribution in [1.82, 2.24) is 5.32 Å². The molecule has 0 aliphatic rings. The predicted molar refractivity (Wildman–Crippen MR) is 75.4 cm³/mol. The Morgan fingerprint density at radius 3 is 2.23 bits per heavy atom. The second-order valence-electron chi connectivity index (χ2n) is 4.38. The maximum atomic E-state index is 12.0. The van der Waals surface area contributed by atoms with Crippen LogP contribution in [0.25, 0.3) is 0 Å².